The molecule has 0 bridgehead atoms. The number of rotatable bonds is 3. The number of hydrogen-bond acceptors (Lipinski definition) is 3. The van der Waals surface area contributed by atoms with E-state index in [1.807, 2.05) is 0 Å². The zero-order valence-electron chi connectivity index (χ0n) is 7.58. The monoisotopic (exact) mass is 171 g/mol. The molecule has 3 heteroatoms. The van der Waals surface area contributed by atoms with Crippen molar-refractivity contribution in [3.63, 3.8) is 0 Å². The molecule has 0 aromatic heterocycles. The topological polar surface area (TPSA) is 33.8 Å². The summed E-state index contributed by atoms with van der Waals surface area (Å²) >= 11 is 0. The van der Waals surface area contributed by atoms with Crippen LogP contribution in [-0.4, -0.2) is 32.6 Å². The van der Waals surface area contributed by atoms with Crippen LogP contribution in [0.2, 0.25) is 0 Å². The molecule has 70 valence electrons. The fraction of sp³-hybridized carbons (Fsp3) is 1.00. The molecule has 2 aliphatic heterocycles. The standard InChI is InChI=1S/C9H17NO2/c1-11-9-8(12-9)6-7-2-4-10-5-3-7/h7-10H,2-6H2,1H3. The van der Waals surface area contributed by atoms with Crippen molar-refractivity contribution in [3.8, 4) is 0 Å². The molecule has 2 aliphatic rings. The highest BCUT2D eigenvalue weighted by atomic mass is 16.8. The minimum atomic E-state index is 0.111. The van der Waals surface area contributed by atoms with Crippen LogP contribution < -0.4 is 5.32 Å². The molecule has 2 atom stereocenters. The van der Waals surface area contributed by atoms with Crippen LogP contribution in [0.5, 0.6) is 0 Å². The SMILES string of the molecule is COC1OC1CC1CCNCC1. The first-order valence-electron chi connectivity index (χ1n) is 4.79. The van der Waals surface area contributed by atoms with Crippen molar-refractivity contribution in [1.29, 1.82) is 0 Å². The number of epoxide rings is 1. The van der Waals surface area contributed by atoms with E-state index in [4.69, 9.17) is 9.47 Å². The molecular formula is C9H17NO2. The van der Waals surface area contributed by atoms with E-state index in [2.05, 4.69) is 5.32 Å². The maximum Gasteiger partial charge on any atom is 0.184 e. The molecule has 0 aliphatic carbocycles. The molecule has 0 spiro atoms. The first-order valence-corrected chi connectivity index (χ1v) is 4.79. The average Bonchev–Trinajstić information content (AvgIpc) is 2.85. The van der Waals surface area contributed by atoms with Crippen LogP contribution in [0.25, 0.3) is 0 Å². The zero-order chi connectivity index (χ0) is 8.39. The average molecular weight is 171 g/mol. The Hall–Kier alpha value is -0.120. The highest BCUT2D eigenvalue weighted by Crippen LogP contribution is 2.31. The molecule has 3 nitrogen and oxygen atoms in total. The molecule has 12 heavy (non-hydrogen) atoms. The summed E-state index contributed by atoms with van der Waals surface area (Å²) < 4.78 is 10.4. The molecule has 2 fully saturated rings. The van der Waals surface area contributed by atoms with Crippen molar-refractivity contribution in [2.45, 2.75) is 31.7 Å². The van der Waals surface area contributed by atoms with Crippen LogP contribution in [0.4, 0.5) is 0 Å². The predicted octanol–water partition coefficient (Wildman–Crippen LogP) is 0.747. The Morgan fingerprint density at radius 1 is 1.42 bits per heavy atom. The van der Waals surface area contributed by atoms with Crippen molar-refractivity contribution >= 4 is 0 Å². The van der Waals surface area contributed by atoms with Crippen molar-refractivity contribution in [2.75, 3.05) is 20.2 Å². The molecule has 0 radical (unpaired) electrons. The van der Waals surface area contributed by atoms with Crippen LogP contribution in [0, 0.1) is 5.92 Å². The Balaban J connectivity index is 1.66. The van der Waals surface area contributed by atoms with Crippen LogP contribution in [-0.2, 0) is 9.47 Å². The van der Waals surface area contributed by atoms with Gasteiger partial charge in [0.2, 0.25) is 0 Å². The van der Waals surface area contributed by atoms with Gasteiger partial charge in [0.05, 0.1) is 0 Å². The second-order valence-corrected chi connectivity index (χ2v) is 3.71. The maximum atomic E-state index is 5.33. The fourth-order valence-electron chi connectivity index (χ4n) is 1.95. The van der Waals surface area contributed by atoms with E-state index in [0.29, 0.717) is 6.10 Å². The highest BCUT2D eigenvalue weighted by Gasteiger charge is 2.40. The van der Waals surface area contributed by atoms with Gasteiger partial charge in [-0.05, 0) is 38.3 Å². The Labute approximate surface area is 73.4 Å². The summed E-state index contributed by atoms with van der Waals surface area (Å²) in [5.41, 5.74) is 0. The third-order valence-corrected chi connectivity index (χ3v) is 2.79. The van der Waals surface area contributed by atoms with Gasteiger partial charge in [-0.2, -0.15) is 0 Å². The molecule has 0 amide bonds. The van der Waals surface area contributed by atoms with E-state index in [1.165, 1.54) is 32.4 Å². The second kappa shape index (κ2) is 3.73. The quantitative estimate of drug-likeness (QED) is 0.636. The molecule has 2 rings (SSSR count). The van der Waals surface area contributed by atoms with E-state index in [9.17, 15) is 0 Å². The summed E-state index contributed by atoms with van der Waals surface area (Å²) in [6.07, 6.45) is 4.31. The van der Waals surface area contributed by atoms with Crippen molar-refractivity contribution in [1.82, 2.24) is 5.32 Å². The second-order valence-electron chi connectivity index (χ2n) is 3.71. The summed E-state index contributed by atoms with van der Waals surface area (Å²) in [6, 6.07) is 0. The summed E-state index contributed by atoms with van der Waals surface area (Å²) in [7, 11) is 1.72. The smallest absolute Gasteiger partial charge is 0.184 e. The van der Waals surface area contributed by atoms with Crippen LogP contribution in [0.1, 0.15) is 19.3 Å². The molecule has 2 heterocycles. The van der Waals surface area contributed by atoms with Crippen molar-refractivity contribution in [3.05, 3.63) is 0 Å². The third kappa shape index (κ3) is 1.97. The van der Waals surface area contributed by atoms with Gasteiger partial charge >= 0.3 is 0 Å². The lowest BCUT2D eigenvalue weighted by atomic mass is 9.93. The third-order valence-electron chi connectivity index (χ3n) is 2.79. The number of piperidine rings is 1. The Kier molecular flexibility index (Phi) is 2.63. The summed E-state index contributed by atoms with van der Waals surface area (Å²) in [4.78, 5) is 0. The fourth-order valence-corrected chi connectivity index (χ4v) is 1.95. The van der Waals surface area contributed by atoms with Gasteiger partial charge in [0, 0.05) is 7.11 Å². The Morgan fingerprint density at radius 2 is 2.17 bits per heavy atom. The van der Waals surface area contributed by atoms with Gasteiger partial charge in [-0.3, -0.25) is 0 Å². The van der Waals surface area contributed by atoms with Crippen LogP contribution >= 0.6 is 0 Å². The van der Waals surface area contributed by atoms with E-state index < -0.39 is 0 Å². The number of hydrogen-bond donors (Lipinski definition) is 1. The van der Waals surface area contributed by atoms with Gasteiger partial charge in [-0.25, -0.2) is 0 Å². The first kappa shape index (κ1) is 8.48. The van der Waals surface area contributed by atoms with Crippen molar-refractivity contribution < 1.29 is 9.47 Å². The minimum Gasteiger partial charge on any atom is -0.353 e. The summed E-state index contributed by atoms with van der Waals surface area (Å²) in [5, 5.41) is 3.36. The molecule has 0 saturated carbocycles. The first-order chi connectivity index (χ1) is 5.90. The Bertz CT molecular complexity index is 145. The normalized spacial score (nSPS) is 36.8. The molecular weight excluding hydrogens is 154 g/mol. The van der Waals surface area contributed by atoms with Gasteiger partial charge < -0.3 is 14.8 Å². The van der Waals surface area contributed by atoms with Gasteiger partial charge in [0.15, 0.2) is 6.29 Å². The molecule has 2 unspecified atom stereocenters. The van der Waals surface area contributed by atoms with E-state index >= 15 is 0 Å². The highest BCUT2D eigenvalue weighted by molar-refractivity contribution is 4.81. The summed E-state index contributed by atoms with van der Waals surface area (Å²) in [5.74, 6) is 0.858. The largest absolute Gasteiger partial charge is 0.353 e. The maximum absolute atomic E-state index is 5.33. The molecule has 0 aromatic carbocycles. The van der Waals surface area contributed by atoms with E-state index in [0.717, 1.165) is 5.92 Å². The van der Waals surface area contributed by atoms with E-state index in [1.54, 1.807) is 7.11 Å². The van der Waals surface area contributed by atoms with Crippen LogP contribution in [0.3, 0.4) is 0 Å². The van der Waals surface area contributed by atoms with Crippen LogP contribution in [0.15, 0.2) is 0 Å². The lowest BCUT2D eigenvalue weighted by Crippen LogP contribution is -2.28. The van der Waals surface area contributed by atoms with Gasteiger partial charge in [-0.15, -0.1) is 0 Å². The van der Waals surface area contributed by atoms with Gasteiger partial charge in [0.25, 0.3) is 0 Å². The van der Waals surface area contributed by atoms with Gasteiger partial charge in [-0.1, -0.05) is 0 Å². The molecule has 0 aromatic rings. The Morgan fingerprint density at radius 3 is 2.75 bits per heavy atom. The zero-order valence-corrected chi connectivity index (χ0v) is 7.58. The lowest BCUT2D eigenvalue weighted by molar-refractivity contribution is 0.0950. The minimum absolute atomic E-state index is 0.111. The van der Waals surface area contributed by atoms with E-state index in [-0.39, 0.29) is 6.29 Å². The summed E-state index contributed by atoms with van der Waals surface area (Å²) in [6.45, 7) is 2.35. The molecule has 1 N–H and O–H groups in total. The van der Waals surface area contributed by atoms with Gasteiger partial charge in [0.1, 0.15) is 6.10 Å². The van der Waals surface area contributed by atoms with Crippen molar-refractivity contribution in [2.24, 2.45) is 5.92 Å². The number of methoxy groups -OCH3 is 1. The predicted molar refractivity (Wildman–Crippen MR) is 45.9 cm³/mol. The molecule has 2 saturated heterocycles. The number of ether oxygens (including phenoxy) is 2. The number of nitrogens with one attached hydrogen (secondary N) is 1. The lowest BCUT2D eigenvalue weighted by Gasteiger charge is -2.21.